The van der Waals surface area contributed by atoms with Crippen molar-refractivity contribution >= 4 is 8.32 Å². The zero-order valence-corrected chi connectivity index (χ0v) is 13.0. The molecule has 0 N–H and O–H groups in total. The molecule has 0 fully saturated rings. The summed E-state index contributed by atoms with van der Waals surface area (Å²) < 4.78 is 11.2. The summed E-state index contributed by atoms with van der Waals surface area (Å²) in [5.41, 5.74) is -0.378. The zero-order valence-electron chi connectivity index (χ0n) is 12.0. The number of hydrogen-bond acceptors (Lipinski definition) is 2. The molecule has 0 aromatic carbocycles. The summed E-state index contributed by atoms with van der Waals surface area (Å²) in [5, 5.41) is 0.242. The van der Waals surface area contributed by atoms with Gasteiger partial charge in [-0.05, 0) is 32.0 Å². The van der Waals surface area contributed by atoms with Crippen LogP contribution in [-0.2, 0) is 9.16 Å². The molecule has 0 atom stereocenters. The van der Waals surface area contributed by atoms with Crippen molar-refractivity contribution in [3.05, 3.63) is 0 Å². The second-order valence-electron chi connectivity index (χ2n) is 6.07. The van der Waals surface area contributed by atoms with Crippen LogP contribution < -0.4 is 0 Å². The van der Waals surface area contributed by atoms with Gasteiger partial charge in [0.15, 0.2) is 8.32 Å². The van der Waals surface area contributed by atoms with Crippen molar-refractivity contribution in [2.45, 2.75) is 58.4 Å². The maximum Gasteiger partial charge on any atom is 0.193 e. The predicted octanol–water partition coefficient (Wildman–Crippen LogP) is 3.44. The van der Waals surface area contributed by atoms with E-state index in [0.717, 1.165) is 0 Å². The SMILES string of the molecule is COC(C)(C)C#CCO[Si](C)(C)C(C)(C)C. The van der Waals surface area contributed by atoms with Crippen LogP contribution in [0.3, 0.4) is 0 Å². The second-order valence-corrected chi connectivity index (χ2v) is 10.9. The van der Waals surface area contributed by atoms with Crippen molar-refractivity contribution in [1.82, 2.24) is 0 Å². The van der Waals surface area contributed by atoms with Gasteiger partial charge in [0.2, 0.25) is 0 Å². The van der Waals surface area contributed by atoms with Gasteiger partial charge in [-0.3, -0.25) is 0 Å². The van der Waals surface area contributed by atoms with Crippen LogP contribution >= 0.6 is 0 Å². The maximum absolute atomic E-state index is 5.94. The lowest BCUT2D eigenvalue weighted by atomic mass is 10.1. The fourth-order valence-electron chi connectivity index (χ4n) is 0.733. The van der Waals surface area contributed by atoms with Gasteiger partial charge in [0, 0.05) is 7.11 Å². The molecule has 0 aliphatic heterocycles. The largest absolute Gasteiger partial charge is 0.406 e. The van der Waals surface area contributed by atoms with E-state index in [-0.39, 0.29) is 10.6 Å². The van der Waals surface area contributed by atoms with E-state index in [1.165, 1.54) is 0 Å². The summed E-state index contributed by atoms with van der Waals surface area (Å²) in [5.74, 6) is 6.10. The molecule has 0 heterocycles. The first kappa shape index (κ1) is 15.7. The van der Waals surface area contributed by atoms with E-state index in [1.54, 1.807) is 7.11 Å². The molecular weight excluding hydrogens is 216 g/mol. The van der Waals surface area contributed by atoms with Gasteiger partial charge in [0.05, 0.1) is 6.61 Å². The summed E-state index contributed by atoms with van der Waals surface area (Å²) in [6.45, 7) is 15.6. The standard InChI is InChI=1S/C13H26O2Si/c1-12(2,3)16(7,8)15-11-9-10-13(4,5)14-6/h11H2,1-8H3. The summed E-state index contributed by atoms with van der Waals surface area (Å²) in [7, 11) is 0.0153. The van der Waals surface area contributed by atoms with Gasteiger partial charge in [0.1, 0.15) is 5.60 Å². The molecule has 0 saturated carbocycles. The van der Waals surface area contributed by atoms with Crippen LogP contribution in [0.5, 0.6) is 0 Å². The molecule has 0 bridgehead atoms. The Morgan fingerprint density at radius 3 is 1.94 bits per heavy atom. The Morgan fingerprint density at radius 1 is 1.06 bits per heavy atom. The van der Waals surface area contributed by atoms with E-state index in [9.17, 15) is 0 Å². The molecule has 0 spiro atoms. The highest BCUT2D eigenvalue weighted by molar-refractivity contribution is 6.74. The van der Waals surface area contributed by atoms with Crippen LogP contribution in [-0.4, -0.2) is 27.6 Å². The summed E-state index contributed by atoms with van der Waals surface area (Å²) >= 11 is 0. The molecule has 3 heteroatoms. The first-order chi connectivity index (χ1) is 7.02. The molecule has 0 rings (SSSR count). The smallest absolute Gasteiger partial charge is 0.193 e. The number of rotatable bonds is 3. The first-order valence-electron chi connectivity index (χ1n) is 5.71. The fourth-order valence-corrected chi connectivity index (χ4v) is 1.60. The number of hydrogen-bond donors (Lipinski definition) is 0. The minimum Gasteiger partial charge on any atom is -0.406 e. The molecule has 0 radical (unpaired) electrons. The monoisotopic (exact) mass is 242 g/mol. The Balaban J connectivity index is 4.29. The molecule has 2 nitrogen and oxygen atoms in total. The first-order valence-corrected chi connectivity index (χ1v) is 8.62. The Morgan fingerprint density at radius 2 is 1.56 bits per heavy atom. The third-order valence-corrected chi connectivity index (χ3v) is 7.69. The van der Waals surface area contributed by atoms with Gasteiger partial charge in [-0.15, -0.1) is 0 Å². The summed E-state index contributed by atoms with van der Waals surface area (Å²) in [6, 6.07) is 0. The second kappa shape index (κ2) is 5.35. The third kappa shape index (κ3) is 5.15. The van der Waals surface area contributed by atoms with Gasteiger partial charge in [-0.1, -0.05) is 32.6 Å². The molecule has 0 aliphatic rings. The topological polar surface area (TPSA) is 18.5 Å². The van der Waals surface area contributed by atoms with Crippen LogP contribution in [0.1, 0.15) is 34.6 Å². The summed E-state index contributed by atoms with van der Waals surface area (Å²) in [4.78, 5) is 0. The van der Waals surface area contributed by atoms with Crippen molar-refractivity contribution in [1.29, 1.82) is 0 Å². The van der Waals surface area contributed by atoms with Gasteiger partial charge in [-0.2, -0.15) is 0 Å². The summed E-state index contributed by atoms with van der Waals surface area (Å²) in [6.07, 6.45) is 0. The van der Waals surface area contributed by atoms with Crippen LogP contribution in [0.4, 0.5) is 0 Å². The van der Waals surface area contributed by atoms with Crippen LogP contribution in [0.15, 0.2) is 0 Å². The highest BCUT2D eigenvalue weighted by atomic mass is 28.4. The fraction of sp³-hybridized carbons (Fsp3) is 0.846. The van der Waals surface area contributed by atoms with E-state index in [2.05, 4.69) is 45.7 Å². The predicted molar refractivity (Wildman–Crippen MR) is 72.0 cm³/mol. The van der Waals surface area contributed by atoms with E-state index in [0.29, 0.717) is 6.61 Å². The molecule has 0 saturated heterocycles. The lowest BCUT2D eigenvalue weighted by molar-refractivity contribution is 0.0739. The molecule has 94 valence electrons. The van der Waals surface area contributed by atoms with E-state index in [4.69, 9.17) is 9.16 Å². The third-order valence-electron chi connectivity index (χ3n) is 3.21. The van der Waals surface area contributed by atoms with E-state index < -0.39 is 8.32 Å². The highest BCUT2D eigenvalue weighted by Gasteiger charge is 2.36. The molecule has 16 heavy (non-hydrogen) atoms. The minimum absolute atomic E-state index is 0.242. The molecule has 0 amide bonds. The Kier molecular flexibility index (Phi) is 5.25. The molecule has 0 aromatic heterocycles. The lowest BCUT2D eigenvalue weighted by Crippen LogP contribution is -2.40. The average Bonchev–Trinajstić information content (AvgIpc) is 2.11. The average molecular weight is 242 g/mol. The van der Waals surface area contributed by atoms with Crippen LogP contribution in [0.2, 0.25) is 18.1 Å². The zero-order chi connectivity index (χ0) is 13.0. The minimum atomic E-state index is -1.65. The van der Waals surface area contributed by atoms with E-state index >= 15 is 0 Å². The maximum atomic E-state index is 5.94. The molecule has 0 unspecified atom stereocenters. The molecule has 0 aliphatic carbocycles. The van der Waals surface area contributed by atoms with Crippen molar-refractivity contribution in [2.24, 2.45) is 0 Å². The van der Waals surface area contributed by atoms with Crippen LogP contribution in [0, 0.1) is 11.8 Å². The van der Waals surface area contributed by atoms with Crippen LogP contribution in [0.25, 0.3) is 0 Å². The van der Waals surface area contributed by atoms with Crippen molar-refractivity contribution in [3.8, 4) is 11.8 Å². The van der Waals surface area contributed by atoms with Gasteiger partial charge < -0.3 is 9.16 Å². The molecule has 0 aromatic rings. The molecular formula is C13H26O2Si. The number of ether oxygens (including phenoxy) is 1. The highest BCUT2D eigenvalue weighted by Crippen LogP contribution is 2.36. The van der Waals surface area contributed by atoms with Crippen molar-refractivity contribution in [2.75, 3.05) is 13.7 Å². The van der Waals surface area contributed by atoms with Crippen molar-refractivity contribution in [3.63, 3.8) is 0 Å². The van der Waals surface area contributed by atoms with E-state index in [1.807, 2.05) is 13.8 Å². The van der Waals surface area contributed by atoms with Gasteiger partial charge in [-0.25, -0.2) is 0 Å². The lowest BCUT2D eigenvalue weighted by Gasteiger charge is -2.35. The number of methoxy groups -OCH3 is 1. The Hall–Kier alpha value is -0.303. The van der Waals surface area contributed by atoms with Crippen molar-refractivity contribution < 1.29 is 9.16 Å². The normalized spacial score (nSPS) is 13.2. The Labute approximate surface area is 102 Å². The van der Waals surface area contributed by atoms with Gasteiger partial charge >= 0.3 is 0 Å². The quantitative estimate of drug-likeness (QED) is 0.557. The van der Waals surface area contributed by atoms with Gasteiger partial charge in [0.25, 0.3) is 0 Å². The Bertz CT molecular complexity index is 277.